The number of aromatic nitrogens is 2. The molecular weight excluding hydrogens is 403 g/mol. The maximum absolute atomic E-state index is 10.8. The van der Waals surface area contributed by atoms with Crippen LogP contribution in [0.15, 0.2) is 36.7 Å². The summed E-state index contributed by atoms with van der Waals surface area (Å²) < 4.78 is 2.87. The number of rotatable bonds is 0. The van der Waals surface area contributed by atoms with Crippen LogP contribution in [0, 0.1) is 0 Å². The fourth-order valence-electron chi connectivity index (χ4n) is 1.84. The van der Waals surface area contributed by atoms with Crippen LogP contribution in [0.4, 0.5) is 9.59 Å². The minimum atomic E-state index is -0.287. The minimum Gasteiger partial charge on any atom is -0.390 e. The number of hydrogen-bond donors (Lipinski definition) is 0. The van der Waals surface area contributed by atoms with E-state index in [2.05, 4.69) is 10.6 Å². The molecule has 0 saturated carbocycles. The van der Waals surface area contributed by atoms with E-state index in [-0.39, 0.29) is 32.5 Å². The van der Waals surface area contributed by atoms with Crippen molar-refractivity contribution in [2.24, 2.45) is 0 Å². The van der Waals surface area contributed by atoms with Gasteiger partial charge in [0.2, 0.25) is 0 Å². The molecule has 2 amide bonds. The van der Waals surface area contributed by atoms with Gasteiger partial charge in [0.25, 0.3) is 0 Å². The van der Waals surface area contributed by atoms with Crippen LogP contribution in [0.2, 0.25) is 0 Å². The molecule has 0 fully saturated rings. The Morgan fingerprint density at radius 1 is 0.810 bits per heavy atom. The zero-order chi connectivity index (χ0) is 14.3. The van der Waals surface area contributed by atoms with E-state index in [9.17, 15) is 9.59 Å². The molecule has 2 aromatic heterocycles. The molecule has 2 aliphatic rings. The molecule has 0 atom stereocenters. The summed E-state index contributed by atoms with van der Waals surface area (Å²) in [5.41, 5.74) is 1.44. The van der Waals surface area contributed by atoms with Crippen molar-refractivity contribution in [1.82, 2.24) is 9.13 Å². The second-order valence-electron chi connectivity index (χ2n) is 3.93. The predicted molar refractivity (Wildman–Crippen MR) is 80.6 cm³/mol. The number of thiocarbonyl (C=S) groups is 2. The largest absolute Gasteiger partial charge is 2.00 e. The summed E-state index contributed by atoms with van der Waals surface area (Å²) in [6.45, 7) is 0. The Bertz CT molecular complexity index is 644. The van der Waals surface area contributed by atoms with Crippen molar-refractivity contribution in [3.8, 4) is 0 Å². The van der Waals surface area contributed by atoms with Crippen LogP contribution in [0.1, 0.15) is 11.4 Å². The molecule has 0 spiro atoms. The summed E-state index contributed by atoms with van der Waals surface area (Å²) in [4.78, 5) is 22.5. The molecule has 0 saturated heterocycles. The molecule has 108 valence electrons. The normalized spacial score (nSPS) is 14.5. The van der Waals surface area contributed by atoms with Gasteiger partial charge >= 0.3 is 20.4 Å². The first-order chi connectivity index (χ1) is 9.58. The Hall–Kier alpha value is -1.66. The molecule has 4 heterocycles. The number of fused-ring (bicyclic) bond motifs is 2. The summed E-state index contributed by atoms with van der Waals surface area (Å²) in [6, 6.07) is 6.52. The summed E-state index contributed by atoms with van der Waals surface area (Å²) in [6.07, 6.45) is 3.31. The van der Waals surface area contributed by atoms with E-state index in [0.717, 1.165) is 11.4 Å². The monoisotopic (exact) mass is 408 g/mol. The Labute approximate surface area is 144 Å². The van der Waals surface area contributed by atoms with Crippen LogP contribution in [0.3, 0.4) is 0 Å². The Balaban J connectivity index is 0.000000147. The zero-order valence-electron chi connectivity index (χ0n) is 10.2. The average molecular weight is 409 g/mol. The van der Waals surface area contributed by atoms with Crippen LogP contribution in [-0.4, -0.2) is 31.2 Å². The Morgan fingerprint density at radius 2 is 1.19 bits per heavy atom. The number of carbonyl (C=O) groups excluding carboxylic acids is 2. The number of hydrogen-bond acceptors (Lipinski definition) is 4. The van der Waals surface area contributed by atoms with Gasteiger partial charge in [-0.2, -0.15) is 0 Å². The third-order valence-corrected chi connectivity index (χ3v) is 3.34. The van der Waals surface area contributed by atoms with Gasteiger partial charge in [0.1, 0.15) is 0 Å². The van der Waals surface area contributed by atoms with E-state index >= 15 is 0 Å². The summed E-state index contributed by atoms with van der Waals surface area (Å²) in [5.74, 6) is 0. The SMILES string of the molecule is O=C1[N-]C(=S)c2cccn21.O=C1[N-]C(=S)c2cccn21.[Pd+2]. The van der Waals surface area contributed by atoms with Crippen molar-refractivity contribution in [3.63, 3.8) is 0 Å². The number of amides is 2. The third kappa shape index (κ3) is 2.73. The molecule has 6 nitrogen and oxygen atoms in total. The van der Waals surface area contributed by atoms with Gasteiger partial charge in [-0.3, -0.25) is 9.59 Å². The Morgan fingerprint density at radius 3 is 1.52 bits per heavy atom. The van der Waals surface area contributed by atoms with Gasteiger partial charge in [-0.1, -0.05) is 61.1 Å². The molecular formula is C12H6N4O2PdS2. The quantitative estimate of drug-likeness (QED) is 0.496. The summed E-state index contributed by atoms with van der Waals surface area (Å²) >= 11 is 9.59. The first-order valence-corrected chi connectivity index (χ1v) is 6.35. The van der Waals surface area contributed by atoms with Crippen LogP contribution in [-0.2, 0) is 20.4 Å². The van der Waals surface area contributed by atoms with Crippen molar-refractivity contribution in [2.75, 3.05) is 0 Å². The number of carbonyl (C=O) groups is 2. The molecule has 0 radical (unpaired) electrons. The third-order valence-electron chi connectivity index (χ3n) is 2.74. The second kappa shape index (κ2) is 5.99. The van der Waals surface area contributed by atoms with Gasteiger partial charge in [-0.05, 0) is 11.4 Å². The van der Waals surface area contributed by atoms with Crippen LogP contribution >= 0.6 is 24.4 Å². The minimum absolute atomic E-state index is 0. The maximum Gasteiger partial charge on any atom is 2.00 e. The van der Waals surface area contributed by atoms with Crippen molar-refractivity contribution in [3.05, 3.63) is 58.7 Å². The van der Waals surface area contributed by atoms with Gasteiger partial charge in [-0.15, -0.1) is 0 Å². The molecule has 0 unspecified atom stereocenters. The van der Waals surface area contributed by atoms with Gasteiger partial charge in [0.05, 0.1) is 0 Å². The van der Waals surface area contributed by atoms with Crippen LogP contribution in [0.25, 0.3) is 10.6 Å². The molecule has 2 aromatic rings. The van der Waals surface area contributed by atoms with Crippen molar-refractivity contribution >= 4 is 46.5 Å². The van der Waals surface area contributed by atoms with Gasteiger partial charge in [-0.25, -0.2) is 0 Å². The van der Waals surface area contributed by atoms with Gasteiger partial charge < -0.3 is 19.8 Å². The van der Waals surface area contributed by atoms with E-state index in [4.69, 9.17) is 24.4 Å². The fraction of sp³-hybridized carbons (Fsp3) is 0. The topological polar surface area (TPSA) is 72.2 Å². The first kappa shape index (κ1) is 15.7. The first-order valence-electron chi connectivity index (χ1n) is 5.53. The van der Waals surface area contributed by atoms with Crippen LogP contribution < -0.4 is 0 Å². The molecule has 9 heteroatoms. The molecule has 2 aliphatic heterocycles. The van der Waals surface area contributed by atoms with Crippen molar-refractivity contribution < 1.29 is 30.0 Å². The van der Waals surface area contributed by atoms with Crippen molar-refractivity contribution in [1.29, 1.82) is 0 Å². The Kier molecular flexibility index (Phi) is 4.49. The zero-order valence-corrected chi connectivity index (χ0v) is 13.4. The maximum atomic E-state index is 10.8. The van der Waals surface area contributed by atoms with E-state index < -0.39 is 0 Å². The molecule has 0 bridgehead atoms. The molecule has 0 aromatic carbocycles. The predicted octanol–water partition coefficient (Wildman–Crippen LogP) is 3.04. The smallest absolute Gasteiger partial charge is 0.390 e. The van der Waals surface area contributed by atoms with E-state index in [1.54, 1.807) is 36.7 Å². The van der Waals surface area contributed by atoms with Gasteiger partial charge in [0.15, 0.2) is 12.1 Å². The fourth-order valence-corrected chi connectivity index (χ4v) is 2.33. The van der Waals surface area contributed by atoms with E-state index in [1.165, 1.54) is 9.13 Å². The van der Waals surface area contributed by atoms with E-state index in [1.807, 2.05) is 0 Å². The summed E-state index contributed by atoms with van der Waals surface area (Å²) in [7, 11) is 0. The molecule has 4 rings (SSSR count). The molecule has 21 heavy (non-hydrogen) atoms. The average Bonchev–Trinajstić information content (AvgIpc) is 3.13. The molecule has 0 N–H and O–H groups in total. The summed E-state index contributed by atoms with van der Waals surface area (Å²) in [5, 5.41) is 7.14. The van der Waals surface area contributed by atoms with Gasteiger partial charge in [0, 0.05) is 9.98 Å². The standard InChI is InChI=1S/2C6H4N2OS.Pd/c2*9-6-7-5(10)4-2-1-3-8(4)6;/h2*1-3H,(H,7,9,10);/q;;+2/p-2. The second-order valence-corrected chi connectivity index (χ2v) is 4.70. The van der Waals surface area contributed by atoms with E-state index in [0.29, 0.717) is 9.98 Å². The number of nitrogens with zero attached hydrogens (tertiary/aromatic N) is 4. The van der Waals surface area contributed by atoms with Crippen molar-refractivity contribution in [2.45, 2.75) is 0 Å². The molecule has 0 aliphatic carbocycles. The van der Waals surface area contributed by atoms with Crippen LogP contribution in [0.5, 0.6) is 0 Å².